The van der Waals surface area contributed by atoms with Gasteiger partial charge in [-0.1, -0.05) is 117 Å². The van der Waals surface area contributed by atoms with E-state index in [2.05, 4.69) is 13.8 Å². The molecule has 20 heavy (non-hydrogen) atoms. The molecule has 119 valence electrons. The van der Waals surface area contributed by atoms with Crippen molar-refractivity contribution in [3.63, 3.8) is 0 Å². The summed E-state index contributed by atoms with van der Waals surface area (Å²) >= 11 is 0. The molecule has 1 saturated carbocycles. The van der Waals surface area contributed by atoms with Gasteiger partial charge in [-0.15, -0.1) is 0 Å². The first-order valence-electron chi connectivity index (χ1n) is 9.67. The minimum absolute atomic E-state index is 0.944. The van der Waals surface area contributed by atoms with Crippen molar-refractivity contribution in [2.75, 3.05) is 0 Å². The van der Waals surface area contributed by atoms with Gasteiger partial charge < -0.3 is 0 Å². The topological polar surface area (TPSA) is 0 Å². The van der Waals surface area contributed by atoms with Crippen molar-refractivity contribution in [1.29, 1.82) is 0 Å². The maximum absolute atomic E-state index is 4.22. The normalized spacial score (nSPS) is 18.3. The van der Waals surface area contributed by atoms with Crippen molar-refractivity contribution in [2.45, 2.75) is 110 Å². The van der Waals surface area contributed by atoms with E-state index in [4.69, 9.17) is 0 Å². The second-order valence-electron chi connectivity index (χ2n) is 7.06. The van der Waals surface area contributed by atoms with E-state index in [9.17, 15) is 0 Å². The average molecular weight is 280 g/mol. The van der Waals surface area contributed by atoms with Crippen LogP contribution in [0.3, 0.4) is 0 Å². The predicted octanol–water partition coefficient (Wildman–Crippen LogP) is 7.33. The predicted molar refractivity (Wildman–Crippen MR) is 91.9 cm³/mol. The smallest absolute Gasteiger partial charge is 0.0386 e. The van der Waals surface area contributed by atoms with Crippen LogP contribution in [0.1, 0.15) is 110 Å². The Morgan fingerprint density at radius 1 is 0.800 bits per heavy atom. The molecule has 1 rings (SSSR count). The van der Waals surface area contributed by atoms with E-state index in [-0.39, 0.29) is 0 Å². The molecule has 1 aliphatic carbocycles. The van der Waals surface area contributed by atoms with Crippen LogP contribution in [0.2, 0.25) is 0 Å². The third kappa shape index (κ3) is 8.32. The van der Waals surface area contributed by atoms with E-state index >= 15 is 0 Å². The lowest BCUT2D eigenvalue weighted by molar-refractivity contribution is 0.231. The Bertz CT molecular complexity index is 190. The molecule has 1 atom stereocenters. The number of hydrogen-bond donors (Lipinski definition) is 0. The summed E-state index contributed by atoms with van der Waals surface area (Å²) in [7, 11) is 0. The highest BCUT2D eigenvalue weighted by Crippen LogP contribution is 2.34. The molecular weight excluding hydrogens is 240 g/mol. The average Bonchev–Trinajstić information content (AvgIpc) is 2.50. The molecule has 0 aliphatic heterocycles. The highest BCUT2D eigenvalue weighted by atomic mass is 14.3. The van der Waals surface area contributed by atoms with Crippen LogP contribution >= 0.6 is 0 Å². The Labute approximate surface area is 129 Å². The molecule has 1 aliphatic rings. The van der Waals surface area contributed by atoms with Crippen LogP contribution < -0.4 is 0 Å². The van der Waals surface area contributed by atoms with E-state index in [0.717, 1.165) is 11.8 Å². The Hall–Kier alpha value is 0. The molecule has 0 heterocycles. The summed E-state index contributed by atoms with van der Waals surface area (Å²) in [6, 6.07) is 0. The number of hydrogen-bond acceptors (Lipinski definition) is 0. The molecule has 1 fully saturated rings. The number of unbranched alkanes of at least 4 members (excludes halogenated alkanes) is 8. The lowest BCUT2D eigenvalue weighted by Gasteiger charge is -2.29. The van der Waals surface area contributed by atoms with Gasteiger partial charge in [0.1, 0.15) is 0 Å². The van der Waals surface area contributed by atoms with Gasteiger partial charge in [0.05, 0.1) is 0 Å². The molecule has 0 aromatic heterocycles. The summed E-state index contributed by atoms with van der Waals surface area (Å²) < 4.78 is 0. The van der Waals surface area contributed by atoms with Gasteiger partial charge in [0, 0.05) is 0 Å². The molecule has 0 spiro atoms. The minimum atomic E-state index is 0.944. The maximum Gasteiger partial charge on any atom is -0.0386 e. The second-order valence-corrected chi connectivity index (χ2v) is 7.06. The molecule has 0 nitrogen and oxygen atoms in total. The zero-order valence-electron chi connectivity index (χ0n) is 14.2. The largest absolute Gasteiger partial charge is 0.0654 e. The molecule has 0 aromatic rings. The van der Waals surface area contributed by atoms with Crippen molar-refractivity contribution in [3.8, 4) is 0 Å². The van der Waals surface area contributed by atoms with Crippen LogP contribution in [0.4, 0.5) is 0 Å². The molecule has 1 unspecified atom stereocenters. The summed E-state index contributed by atoms with van der Waals surface area (Å²) in [5, 5.41) is 0. The van der Waals surface area contributed by atoms with Crippen LogP contribution in [-0.2, 0) is 0 Å². The van der Waals surface area contributed by atoms with Crippen molar-refractivity contribution in [3.05, 3.63) is 6.92 Å². The van der Waals surface area contributed by atoms with Gasteiger partial charge in [-0.2, -0.15) is 0 Å². The van der Waals surface area contributed by atoms with E-state index in [0.29, 0.717) is 0 Å². The standard InChI is InChI=1S/C20H39/c1-3-5-6-7-8-9-10-11-13-16-19(4-2)20-17-14-12-15-18-20/h19-20H,2-18H2,1H3. The Kier molecular flexibility index (Phi) is 11.5. The number of rotatable bonds is 12. The minimum Gasteiger partial charge on any atom is -0.0654 e. The van der Waals surface area contributed by atoms with Crippen LogP contribution in [0, 0.1) is 18.8 Å². The lowest BCUT2D eigenvalue weighted by atomic mass is 9.76. The van der Waals surface area contributed by atoms with Gasteiger partial charge >= 0.3 is 0 Å². The zero-order chi connectivity index (χ0) is 14.5. The van der Waals surface area contributed by atoms with Gasteiger partial charge in [0.2, 0.25) is 0 Å². The first-order chi connectivity index (χ1) is 9.88. The van der Waals surface area contributed by atoms with Crippen LogP contribution in [0.5, 0.6) is 0 Å². The molecule has 0 bridgehead atoms. The molecule has 0 aromatic carbocycles. The van der Waals surface area contributed by atoms with Crippen molar-refractivity contribution >= 4 is 0 Å². The van der Waals surface area contributed by atoms with E-state index < -0.39 is 0 Å². The van der Waals surface area contributed by atoms with Gasteiger partial charge in [0.25, 0.3) is 0 Å². The van der Waals surface area contributed by atoms with Gasteiger partial charge in [-0.25, -0.2) is 0 Å². The fourth-order valence-electron chi connectivity index (χ4n) is 3.94. The molecular formula is C20H39. The molecule has 0 saturated heterocycles. The van der Waals surface area contributed by atoms with Crippen LogP contribution in [0.25, 0.3) is 0 Å². The third-order valence-corrected chi connectivity index (χ3v) is 5.37. The first kappa shape index (κ1) is 18.1. The van der Waals surface area contributed by atoms with Gasteiger partial charge in [-0.05, 0) is 11.8 Å². The first-order valence-corrected chi connectivity index (χ1v) is 9.67. The fourth-order valence-corrected chi connectivity index (χ4v) is 3.94. The molecule has 0 heteroatoms. The lowest BCUT2D eigenvalue weighted by Crippen LogP contribution is -2.17. The van der Waals surface area contributed by atoms with Gasteiger partial charge in [-0.3, -0.25) is 0 Å². The Morgan fingerprint density at radius 3 is 1.90 bits per heavy atom. The molecule has 0 N–H and O–H groups in total. The highest BCUT2D eigenvalue weighted by molar-refractivity contribution is 4.75. The second kappa shape index (κ2) is 12.7. The SMILES string of the molecule is [CH2]CC(CCCCCCCCCCC)C1CCCCC1. The van der Waals surface area contributed by atoms with Crippen molar-refractivity contribution in [2.24, 2.45) is 11.8 Å². The van der Waals surface area contributed by atoms with E-state index in [1.165, 1.54) is 103 Å². The summed E-state index contributed by atoms with van der Waals surface area (Å²) in [5.74, 6) is 1.97. The van der Waals surface area contributed by atoms with Crippen molar-refractivity contribution in [1.82, 2.24) is 0 Å². The van der Waals surface area contributed by atoms with Crippen molar-refractivity contribution < 1.29 is 0 Å². The molecule has 1 radical (unpaired) electrons. The Balaban J connectivity index is 1.93. The highest BCUT2D eigenvalue weighted by Gasteiger charge is 2.21. The van der Waals surface area contributed by atoms with Crippen LogP contribution in [-0.4, -0.2) is 0 Å². The van der Waals surface area contributed by atoms with E-state index in [1.54, 1.807) is 0 Å². The quantitative estimate of drug-likeness (QED) is 0.328. The third-order valence-electron chi connectivity index (χ3n) is 5.37. The monoisotopic (exact) mass is 279 g/mol. The van der Waals surface area contributed by atoms with Gasteiger partial charge in [0.15, 0.2) is 0 Å². The summed E-state index contributed by atoms with van der Waals surface area (Å²) in [4.78, 5) is 0. The molecule has 0 amide bonds. The van der Waals surface area contributed by atoms with E-state index in [1.807, 2.05) is 0 Å². The summed E-state index contributed by atoms with van der Waals surface area (Å²) in [6.07, 6.45) is 23.2. The van der Waals surface area contributed by atoms with Crippen LogP contribution in [0.15, 0.2) is 0 Å². The Morgan fingerprint density at radius 2 is 1.35 bits per heavy atom. The zero-order valence-corrected chi connectivity index (χ0v) is 14.2. The fraction of sp³-hybridized carbons (Fsp3) is 0.950. The maximum atomic E-state index is 4.22. The summed E-state index contributed by atoms with van der Waals surface area (Å²) in [5.41, 5.74) is 0. The summed E-state index contributed by atoms with van der Waals surface area (Å²) in [6.45, 7) is 6.52.